The van der Waals surface area contributed by atoms with Gasteiger partial charge in [-0.15, -0.1) is 11.8 Å². The van der Waals surface area contributed by atoms with Crippen molar-refractivity contribution in [2.75, 3.05) is 11.6 Å². The number of hydrogen-bond acceptors (Lipinski definition) is 3. The molecule has 2 rings (SSSR count). The van der Waals surface area contributed by atoms with E-state index in [2.05, 4.69) is 10.3 Å². The summed E-state index contributed by atoms with van der Waals surface area (Å²) >= 11 is 1.58. The van der Waals surface area contributed by atoms with Gasteiger partial charge in [0.25, 0.3) is 5.91 Å². The second kappa shape index (κ2) is 5.70. The summed E-state index contributed by atoms with van der Waals surface area (Å²) in [5.41, 5.74) is 12.2. The lowest BCUT2D eigenvalue weighted by Gasteiger charge is -2.04. The molecule has 0 saturated heterocycles. The normalized spacial score (nSPS) is 10.2. The molecule has 0 atom stereocenters. The molecule has 3 amide bonds. The van der Waals surface area contributed by atoms with Crippen molar-refractivity contribution in [3.05, 3.63) is 35.9 Å². The van der Waals surface area contributed by atoms with Gasteiger partial charge in [-0.05, 0) is 18.4 Å². The SMILES string of the molecule is CSc1ccccc1-c1cc(C(N)=O)c(NC(N)=O)[nH]1. The Morgan fingerprint density at radius 3 is 2.55 bits per heavy atom. The van der Waals surface area contributed by atoms with E-state index in [4.69, 9.17) is 11.5 Å². The van der Waals surface area contributed by atoms with Crippen LogP contribution in [0.15, 0.2) is 35.2 Å². The molecule has 1 aromatic carbocycles. The van der Waals surface area contributed by atoms with E-state index in [1.54, 1.807) is 17.8 Å². The van der Waals surface area contributed by atoms with E-state index in [1.807, 2.05) is 30.5 Å². The standard InChI is InChI=1S/C13H14N4O2S/c1-20-10-5-3-2-4-7(10)9-6-8(11(14)18)12(16-9)17-13(15)19/h2-6,16H,1H3,(H2,14,18)(H3,15,17,19). The minimum absolute atomic E-state index is 0.190. The minimum atomic E-state index is -0.765. The first kappa shape index (κ1) is 14.0. The van der Waals surface area contributed by atoms with Crippen molar-refractivity contribution >= 4 is 29.5 Å². The first-order valence-electron chi connectivity index (χ1n) is 5.75. The van der Waals surface area contributed by atoms with Gasteiger partial charge in [-0.3, -0.25) is 10.1 Å². The number of rotatable bonds is 4. The fraction of sp³-hybridized carbons (Fsp3) is 0.0769. The van der Waals surface area contributed by atoms with Gasteiger partial charge in [-0.1, -0.05) is 18.2 Å². The molecule has 6 N–H and O–H groups in total. The van der Waals surface area contributed by atoms with Crippen LogP contribution in [-0.2, 0) is 0 Å². The third-order valence-electron chi connectivity index (χ3n) is 2.73. The highest BCUT2D eigenvalue weighted by atomic mass is 32.2. The van der Waals surface area contributed by atoms with Gasteiger partial charge in [0.05, 0.1) is 5.56 Å². The summed E-state index contributed by atoms with van der Waals surface area (Å²) in [5, 5.41) is 2.36. The molecule has 2 aromatic rings. The molecule has 1 aromatic heterocycles. The zero-order valence-corrected chi connectivity index (χ0v) is 11.6. The molecule has 0 fully saturated rings. The Bertz CT molecular complexity index is 666. The number of hydrogen-bond donors (Lipinski definition) is 4. The van der Waals surface area contributed by atoms with Crippen LogP contribution < -0.4 is 16.8 Å². The van der Waals surface area contributed by atoms with Crippen molar-refractivity contribution in [1.82, 2.24) is 4.98 Å². The number of thioether (sulfide) groups is 1. The summed E-state index contributed by atoms with van der Waals surface area (Å²) in [6, 6.07) is 8.53. The van der Waals surface area contributed by atoms with Gasteiger partial charge in [-0.2, -0.15) is 0 Å². The maximum atomic E-state index is 11.4. The summed E-state index contributed by atoms with van der Waals surface area (Å²) < 4.78 is 0. The van der Waals surface area contributed by atoms with Crippen LogP contribution in [0.25, 0.3) is 11.3 Å². The van der Waals surface area contributed by atoms with Gasteiger partial charge in [0.2, 0.25) is 0 Å². The summed E-state index contributed by atoms with van der Waals surface area (Å²) in [5.74, 6) is -0.436. The van der Waals surface area contributed by atoms with Crippen LogP contribution in [0.2, 0.25) is 0 Å². The quantitative estimate of drug-likeness (QED) is 0.645. The van der Waals surface area contributed by atoms with E-state index < -0.39 is 11.9 Å². The molecule has 0 spiro atoms. The van der Waals surface area contributed by atoms with Crippen LogP contribution in [-0.4, -0.2) is 23.2 Å². The van der Waals surface area contributed by atoms with Crippen molar-refractivity contribution in [3.63, 3.8) is 0 Å². The van der Waals surface area contributed by atoms with Gasteiger partial charge in [0.15, 0.2) is 0 Å². The number of H-pyrrole nitrogens is 1. The van der Waals surface area contributed by atoms with E-state index >= 15 is 0 Å². The van der Waals surface area contributed by atoms with Gasteiger partial charge in [0.1, 0.15) is 5.82 Å². The molecule has 0 aliphatic carbocycles. The minimum Gasteiger partial charge on any atom is -0.365 e. The molecule has 0 saturated carbocycles. The molecule has 7 heteroatoms. The molecule has 0 aliphatic heterocycles. The van der Waals surface area contributed by atoms with Gasteiger partial charge < -0.3 is 16.5 Å². The Hall–Kier alpha value is -2.41. The Morgan fingerprint density at radius 1 is 1.25 bits per heavy atom. The molecular formula is C13H14N4O2S. The number of amides is 3. The summed E-state index contributed by atoms with van der Waals surface area (Å²) in [4.78, 5) is 26.4. The Labute approximate surface area is 119 Å². The second-order valence-corrected chi connectivity index (χ2v) is 4.87. The third kappa shape index (κ3) is 2.77. The average molecular weight is 290 g/mol. The molecule has 0 unspecified atom stereocenters. The summed E-state index contributed by atoms with van der Waals surface area (Å²) in [7, 11) is 0. The Balaban J connectivity index is 2.52. The molecule has 0 radical (unpaired) electrons. The number of anilines is 1. The van der Waals surface area contributed by atoms with E-state index in [-0.39, 0.29) is 11.4 Å². The molecule has 0 aliphatic rings. The third-order valence-corrected chi connectivity index (χ3v) is 3.52. The highest BCUT2D eigenvalue weighted by Crippen LogP contribution is 2.31. The second-order valence-electron chi connectivity index (χ2n) is 4.03. The number of urea groups is 1. The Morgan fingerprint density at radius 2 is 1.95 bits per heavy atom. The maximum absolute atomic E-state index is 11.4. The van der Waals surface area contributed by atoms with E-state index in [0.717, 1.165) is 10.5 Å². The van der Waals surface area contributed by atoms with Crippen LogP contribution in [0.1, 0.15) is 10.4 Å². The first-order chi connectivity index (χ1) is 9.52. The summed E-state index contributed by atoms with van der Waals surface area (Å²) in [6.45, 7) is 0. The zero-order chi connectivity index (χ0) is 14.7. The van der Waals surface area contributed by atoms with E-state index in [0.29, 0.717) is 5.69 Å². The van der Waals surface area contributed by atoms with Gasteiger partial charge in [0, 0.05) is 16.2 Å². The van der Waals surface area contributed by atoms with Crippen molar-refractivity contribution in [2.24, 2.45) is 11.5 Å². The lowest BCUT2D eigenvalue weighted by Crippen LogP contribution is -2.22. The van der Waals surface area contributed by atoms with Gasteiger partial charge >= 0.3 is 6.03 Å². The number of carbonyl (C=O) groups excluding carboxylic acids is 2. The van der Waals surface area contributed by atoms with Crippen LogP contribution in [0.3, 0.4) is 0 Å². The fourth-order valence-electron chi connectivity index (χ4n) is 1.88. The number of aromatic nitrogens is 1. The molecular weight excluding hydrogens is 276 g/mol. The highest BCUT2D eigenvalue weighted by molar-refractivity contribution is 7.98. The first-order valence-corrected chi connectivity index (χ1v) is 6.98. The number of nitrogens with one attached hydrogen (secondary N) is 2. The van der Waals surface area contributed by atoms with Crippen LogP contribution in [0.5, 0.6) is 0 Å². The van der Waals surface area contributed by atoms with Gasteiger partial charge in [-0.25, -0.2) is 4.79 Å². The van der Waals surface area contributed by atoms with Crippen molar-refractivity contribution < 1.29 is 9.59 Å². The van der Waals surface area contributed by atoms with Crippen LogP contribution >= 0.6 is 11.8 Å². The van der Waals surface area contributed by atoms with Crippen LogP contribution in [0.4, 0.5) is 10.6 Å². The molecule has 104 valence electrons. The van der Waals surface area contributed by atoms with Crippen molar-refractivity contribution in [3.8, 4) is 11.3 Å². The largest absolute Gasteiger partial charge is 0.365 e. The van der Waals surface area contributed by atoms with Crippen molar-refractivity contribution in [2.45, 2.75) is 4.90 Å². The summed E-state index contributed by atoms with van der Waals surface area (Å²) in [6.07, 6.45) is 1.96. The topological polar surface area (TPSA) is 114 Å². The molecule has 1 heterocycles. The van der Waals surface area contributed by atoms with E-state index in [9.17, 15) is 9.59 Å². The maximum Gasteiger partial charge on any atom is 0.317 e. The smallest absolute Gasteiger partial charge is 0.317 e. The molecule has 0 bridgehead atoms. The highest BCUT2D eigenvalue weighted by Gasteiger charge is 2.16. The molecule has 20 heavy (non-hydrogen) atoms. The average Bonchev–Trinajstić information content (AvgIpc) is 2.81. The predicted octanol–water partition coefficient (Wildman–Crippen LogP) is 1.99. The van der Waals surface area contributed by atoms with Crippen LogP contribution in [0, 0.1) is 0 Å². The van der Waals surface area contributed by atoms with Crippen molar-refractivity contribution in [1.29, 1.82) is 0 Å². The number of carbonyl (C=O) groups is 2. The predicted molar refractivity (Wildman–Crippen MR) is 79.7 cm³/mol. The lowest BCUT2D eigenvalue weighted by molar-refractivity contribution is 0.100. The fourth-order valence-corrected chi connectivity index (χ4v) is 2.50. The lowest BCUT2D eigenvalue weighted by atomic mass is 10.1. The Kier molecular flexibility index (Phi) is 3.99. The number of benzene rings is 1. The van der Waals surface area contributed by atoms with E-state index in [1.165, 1.54) is 0 Å². The number of aromatic amines is 1. The number of nitrogens with two attached hydrogens (primary N) is 2. The number of primary amides is 2. The monoisotopic (exact) mass is 290 g/mol. The molecule has 6 nitrogen and oxygen atoms in total. The zero-order valence-electron chi connectivity index (χ0n) is 10.8.